The van der Waals surface area contributed by atoms with Gasteiger partial charge in [0.2, 0.25) is 0 Å². The number of aliphatic hydroxyl groups is 1. The third-order valence-corrected chi connectivity index (χ3v) is 4.91. The average molecular weight is 546 g/mol. The van der Waals surface area contributed by atoms with E-state index in [1.807, 2.05) is 58.0 Å². The third-order valence-electron chi connectivity index (χ3n) is 4.91. The number of amides is 1. The number of hydrogen-bond donors (Lipinski definition) is 4. The molecule has 0 aromatic heterocycles. The van der Waals surface area contributed by atoms with Crippen LogP contribution in [0.1, 0.15) is 58.9 Å². The summed E-state index contributed by atoms with van der Waals surface area (Å²) >= 11 is 0. The van der Waals surface area contributed by atoms with E-state index < -0.39 is 11.7 Å². The number of carbonyl (C=O) groups is 1. The minimum atomic E-state index is -0.517. The quantitative estimate of drug-likeness (QED) is 0.238. The molecule has 0 aliphatic heterocycles. The highest BCUT2D eigenvalue weighted by Gasteiger charge is 2.25. The molecule has 0 radical (unpaired) electrons. The predicted molar refractivity (Wildman–Crippen MR) is 136 cm³/mol. The number of aliphatic imine (C=N–C) groups is 1. The summed E-state index contributed by atoms with van der Waals surface area (Å²) in [6.07, 6.45) is 3.40. The number of benzene rings is 1. The Balaban J connectivity index is 0.00000480. The van der Waals surface area contributed by atoms with E-state index in [2.05, 4.69) is 20.9 Å². The smallest absolute Gasteiger partial charge is 0.407 e. The van der Waals surface area contributed by atoms with E-state index in [9.17, 15) is 9.90 Å². The van der Waals surface area contributed by atoms with Crippen molar-refractivity contribution in [1.29, 1.82) is 0 Å². The van der Waals surface area contributed by atoms with E-state index in [0.717, 1.165) is 43.8 Å². The van der Waals surface area contributed by atoms with E-state index in [4.69, 9.17) is 4.74 Å². The number of halogens is 1. The van der Waals surface area contributed by atoms with Crippen LogP contribution in [-0.2, 0) is 11.2 Å². The van der Waals surface area contributed by atoms with Gasteiger partial charge in [-0.25, -0.2) is 4.79 Å². The molecule has 1 aliphatic carbocycles. The second-order valence-corrected chi connectivity index (χ2v) is 8.90. The number of nitrogens with one attached hydrogen (secondary N) is 3. The van der Waals surface area contributed by atoms with Gasteiger partial charge in [-0.15, -0.1) is 24.0 Å². The van der Waals surface area contributed by atoms with Gasteiger partial charge in [0, 0.05) is 25.0 Å². The van der Waals surface area contributed by atoms with Crippen LogP contribution in [0.25, 0.3) is 0 Å². The molecule has 4 N–H and O–H groups in total. The van der Waals surface area contributed by atoms with E-state index in [1.165, 1.54) is 0 Å². The Labute approximate surface area is 203 Å². The van der Waals surface area contributed by atoms with Gasteiger partial charge in [-0.2, -0.15) is 0 Å². The molecule has 31 heavy (non-hydrogen) atoms. The van der Waals surface area contributed by atoms with Gasteiger partial charge < -0.3 is 25.8 Å². The molecule has 0 saturated heterocycles. The van der Waals surface area contributed by atoms with Crippen LogP contribution in [0, 0.1) is 0 Å². The summed E-state index contributed by atoms with van der Waals surface area (Å²) in [4.78, 5) is 16.5. The Morgan fingerprint density at radius 2 is 1.71 bits per heavy atom. The standard InChI is InChI=1S/C23H38N4O3.HI/c1-5-24-21(25-16-20(28)15-17-9-7-6-8-10-17)26-18-11-13-19(14-12-18)27-22(29)30-23(2,3)4;/h6-10,18-20,28H,5,11-16H2,1-4H3,(H,27,29)(H2,24,25,26);1H. The van der Waals surface area contributed by atoms with Crippen LogP contribution in [0.2, 0.25) is 0 Å². The number of carbonyl (C=O) groups excluding carboxylic acids is 1. The molecule has 7 nitrogen and oxygen atoms in total. The van der Waals surface area contributed by atoms with Crippen LogP contribution in [-0.4, -0.2) is 54.0 Å². The number of alkyl carbamates (subject to hydrolysis) is 1. The minimum Gasteiger partial charge on any atom is -0.444 e. The molecule has 1 unspecified atom stereocenters. The van der Waals surface area contributed by atoms with Crippen molar-refractivity contribution in [2.75, 3.05) is 13.1 Å². The van der Waals surface area contributed by atoms with Gasteiger partial charge in [0.15, 0.2) is 5.96 Å². The van der Waals surface area contributed by atoms with Crippen LogP contribution < -0.4 is 16.0 Å². The molecule has 1 amide bonds. The van der Waals surface area contributed by atoms with Crippen molar-refractivity contribution in [3.63, 3.8) is 0 Å². The maximum absolute atomic E-state index is 11.9. The summed E-state index contributed by atoms with van der Waals surface area (Å²) in [7, 11) is 0. The molecule has 1 fully saturated rings. The molecule has 0 spiro atoms. The zero-order valence-electron chi connectivity index (χ0n) is 19.2. The summed E-state index contributed by atoms with van der Waals surface area (Å²) in [5, 5.41) is 20.0. The summed E-state index contributed by atoms with van der Waals surface area (Å²) in [5.41, 5.74) is 0.624. The number of nitrogens with zero attached hydrogens (tertiary/aromatic N) is 1. The number of aliphatic hydroxyl groups excluding tert-OH is 1. The molecule has 1 saturated carbocycles. The zero-order chi connectivity index (χ0) is 22.0. The Kier molecular flexibility index (Phi) is 12.2. The van der Waals surface area contributed by atoms with Crippen LogP contribution >= 0.6 is 24.0 Å². The van der Waals surface area contributed by atoms with Crippen molar-refractivity contribution in [1.82, 2.24) is 16.0 Å². The fraction of sp³-hybridized carbons (Fsp3) is 0.652. The van der Waals surface area contributed by atoms with Gasteiger partial charge in [-0.05, 0) is 58.9 Å². The topological polar surface area (TPSA) is 95.0 Å². The zero-order valence-corrected chi connectivity index (χ0v) is 21.5. The molecule has 1 atom stereocenters. The highest BCUT2D eigenvalue weighted by molar-refractivity contribution is 14.0. The second-order valence-electron chi connectivity index (χ2n) is 8.90. The van der Waals surface area contributed by atoms with Crippen molar-refractivity contribution in [3.05, 3.63) is 35.9 Å². The lowest BCUT2D eigenvalue weighted by molar-refractivity contribution is 0.0490. The number of ether oxygens (including phenoxy) is 1. The first-order valence-electron chi connectivity index (χ1n) is 11.0. The van der Waals surface area contributed by atoms with Crippen LogP contribution in [0.4, 0.5) is 4.79 Å². The van der Waals surface area contributed by atoms with E-state index in [0.29, 0.717) is 19.0 Å². The van der Waals surface area contributed by atoms with Gasteiger partial charge in [0.1, 0.15) is 5.60 Å². The first-order chi connectivity index (χ1) is 14.2. The summed E-state index contributed by atoms with van der Waals surface area (Å²) in [6.45, 7) is 8.73. The van der Waals surface area contributed by atoms with Gasteiger partial charge in [-0.1, -0.05) is 30.3 Å². The summed E-state index contributed by atoms with van der Waals surface area (Å²) in [5.74, 6) is 0.730. The Bertz CT molecular complexity index is 671. The lowest BCUT2D eigenvalue weighted by atomic mass is 9.91. The SMILES string of the molecule is CCNC(=NCC(O)Cc1ccccc1)NC1CCC(NC(=O)OC(C)(C)C)CC1.I. The summed E-state index contributed by atoms with van der Waals surface area (Å²) in [6, 6.07) is 10.4. The normalized spacial score (nSPS) is 20.2. The number of rotatable bonds is 7. The van der Waals surface area contributed by atoms with Crippen molar-refractivity contribution >= 4 is 36.0 Å². The molecule has 176 valence electrons. The van der Waals surface area contributed by atoms with Crippen LogP contribution in [0.3, 0.4) is 0 Å². The van der Waals surface area contributed by atoms with Crippen LogP contribution in [0.15, 0.2) is 35.3 Å². The van der Waals surface area contributed by atoms with Gasteiger partial charge in [-0.3, -0.25) is 4.99 Å². The van der Waals surface area contributed by atoms with E-state index >= 15 is 0 Å². The monoisotopic (exact) mass is 546 g/mol. The van der Waals surface area contributed by atoms with Crippen molar-refractivity contribution in [2.24, 2.45) is 4.99 Å². The fourth-order valence-corrected chi connectivity index (χ4v) is 3.52. The van der Waals surface area contributed by atoms with Crippen molar-refractivity contribution in [2.45, 2.75) is 83.6 Å². The molecular weight excluding hydrogens is 507 g/mol. The van der Waals surface area contributed by atoms with Gasteiger partial charge in [0.05, 0.1) is 12.6 Å². The minimum absolute atomic E-state index is 0. The molecule has 2 rings (SSSR count). The maximum Gasteiger partial charge on any atom is 0.407 e. The fourth-order valence-electron chi connectivity index (χ4n) is 3.52. The van der Waals surface area contributed by atoms with Crippen molar-refractivity contribution in [3.8, 4) is 0 Å². The Hall–Kier alpha value is -1.55. The largest absolute Gasteiger partial charge is 0.444 e. The molecule has 0 bridgehead atoms. The molecule has 8 heteroatoms. The average Bonchev–Trinajstić information content (AvgIpc) is 2.67. The van der Waals surface area contributed by atoms with Crippen LogP contribution in [0.5, 0.6) is 0 Å². The molecule has 1 aromatic carbocycles. The van der Waals surface area contributed by atoms with Crippen molar-refractivity contribution < 1.29 is 14.6 Å². The number of guanidine groups is 1. The third kappa shape index (κ3) is 11.6. The van der Waals surface area contributed by atoms with E-state index in [1.54, 1.807) is 0 Å². The summed E-state index contributed by atoms with van der Waals surface area (Å²) < 4.78 is 5.34. The molecule has 0 heterocycles. The number of hydrogen-bond acceptors (Lipinski definition) is 4. The van der Waals surface area contributed by atoms with Gasteiger partial charge >= 0.3 is 6.09 Å². The highest BCUT2D eigenvalue weighted by Crippen LogP contribution is 2.19. The molecular formula is C23H39IN4O3. The maximum atomic E-state index is 11.9. The highest BCUT2D eigenvalue weighted by atomic mass is 127. The Morgan fingerprint density at radius 1 is 1.13 bits per heavy atom. The van der Waals surface area contributed by atoms with Gasteiger partial charge in [0.25, 0.3) is 0 Å². The first-order valence-corrected chi connectivity index (χ1v) is 11.0. The second kappa shape index (κ2) is 13.8. The first kappa shape index (κ1) is 27.5. The lowest BCUT2D eigenvalue weighted by Gasteiger charge is -2.31. The lowest BCUT2D eigenvalue weighted by Crippen LogP contribution is -2.48. The predicted octanol–water partition coefficient (Wildman–Crippen LogP) is 3.60. The Morgan fingerprint density at radius 3 is 2.26 bits per heavy atom. The molecule has 1 aliphatic rings. The van der Waals surface area contributed by atoms with E-state index in [-0.39, 0.29) is 36.1 Å². The molecule has 1 aromatic rings.